The zero-order valence-corrected chi connectivity index (χ0v) is 10.5. The Kier molecular flexibility index (Phi) is 3.82. The molecule has 0 aliphatic carbocycles. The third-order valence-corrected chi connectivity index (χ3v) is 2.80. The predicted molar refractivity (Wildman–Crippen MR) is 70.6 cm³/mol. The first-order chi connectivity index (χ1) is 9.13. The van der Waals surface area contributed by atoms with Crippen molar-refractivity contribution < 1.29 is 19.7 Å². The van der Waals surface area contributed by atoms with Gasteiger partial charge in [-0.15, -0.1) is 0 Å². The molecule has 19 heavy (non-hydrogen) atoms. The summed E-state index contributed by atoms with van der Waals surface area (Å²) in [4.78, 5) is 11.2. The molecule has 0 unspecified atom stereocenters. The number of hydrogen-bond acceptors (Lipinski definition) is 3. The first-order valence-corrected chi connectivity index (χ1v) is 5.83. The molecule has 0 saturated heterocycles. The Hall–Kier alpha value is -2.33. The Morgan fingerprint density at radius 3 is 2.58 bits per heavy atom. The molecule has 0 amide bonds. The number of aliphatic hydroxyl groups is 1. The van der Waals surface area contributed by atoms with Crippen molar-refractivity contribution in [1.82, 2.24) is 0 Å². The molecule has 2 aromatic rings. The number of aromatic carboxylic acids is 1. The van der Waals surface area contributed by atoms with Crippen LogP contribution in [0.2, 0.25) is 0 Å². The van der Waals surface area contributed by atoms with Gasteiger partial charge in [0.15, 0.2) is 0 Å². The molecule has 0 bridgehead atoms. The minimum atomic E-state index is -1.04. The third kappa shape index (κ3) is 2.74. The SMILES string of the molecule is Cc1cccc(C(=O)O)c1Oc1ccccc1CO. The maximum Gasteiger partial charge on any atom is 0.339 e. The molecule has 0 spiro atoms. The van der Waals surface area contributed by atoms with E-state index in [0.717, 1.165) is 5.56 Å². The molecule has 2 aromatic carbocycles. The molecule has 0 fully saturated rings. The molecule has 4 nitrogen and oxygen atoms in total. The van der Waals surface area contributed by atoms with Crippen LogP contribution in [-0.2, 0) is 6.61 Å². The van der Waals surface area contributed by atoms with Crippen molar-refractivity contribution in [2.75, 3.05) is 0 Å². The summed E-state index contributed by atoms with van der Waals surface area (Å²) in [5, 5.41) is 18.4. The van der Waals surface area contributed by atoms with Crippen molar-refractivity contribution in [3.8, 4) is 11.5 Å². The van der Waals surface area contributed by atoms with E-state index in [9.17, 15) is 9.90 Å². The summed E-state index contributed by atoms with van der Waals surface area (Å²) in [5.74, 6) is -0.280. The Labute approximate surface area is 110 Å². The van der Waals surface area contributed by atoms with Crippen LogP contribution in [0.1, 0.15) is 21.5 Å². The quantitative estimate of drug-likeness (QED) is 0.884. The Morgan fingerprint density at radius 2 is 1.89 bits per heavy atom. The van der Waals surface area contributed by atoms with Crippen molar-refractivity contribution in [1.29, 1.82) is 0 Å². The largest absolute Gasteiger partial charge is 0.478 e. The Morgan fingerprint density at radius 1 is 1.16 bits per heavy atom. The summed E-state index contributed by atoms with van der Waals surface area (Å²) in [7, 11) is 0. The van der Waals surface area contributed by atoms with Crippen LogP contribution in [0.4, 0.5) is 0 Å². The lowest BCUT2D eigenvalue weighted by Gasteiger charge is -2.13. The van der Waals surface area contributed by atoms with Crippen molar-refractivity contribution in [3.63, 3.8) is 0 Å². The van der Waals surface area contributed by atoms with Crippen LogP contribution in [-0.4, -0.2) is 16.2 Å². The van der Waals surface area contributed by atoms with E-state index in [2.05, 4.69) is 0 Å². The lowest BCUT2D eigenvalue weighted by molar-refractivity contribution is 0.0694. The minimum absolute atomic E-state index is 0.104. The first kappa shape index (κ1) is 13.1. The molecule has 0 atom stereocenters. The second-order valence-electron chi connectivity index (χ2n) is 4.12. The van der Waals surface area contributed by atoms with Crippen LogP contribution in [0.3, 0.4) is 0 Å². The van der Waals surface area contributed by atoms with Gasteiger partial charge in [0.25, 0.3) is 0 Å². The molecule has 0 heterocycles. The summed E-state index contributed by atoms with van der Waals surface area (Å²) >= 11 is 0. The summed E-state index contributed by atoms with van der Waals surface area (Å²) in [6.07, 6.45) is 0. The monoisotopic (exact) mass is 258 g/mol. The predicted octanol–water partition coefficient (Wildman–Crippen LogP) is 2.98. The number of para-hydroxylation sites is 2. The maximum absolute atomic E-state index is 11.2. The molecule has 0 aromatic heterocycles. The molecular weight excluding hydrogens is 244 g/mol. The van der Waals surface area contributed by atoms with Crippen LogP contribution in [0.5, 0.6) is 11.5 Å². The van der Waals surface area contributed by atoms with Crippen LogP contribution in [0.25, 0.3) is 0 Å². The average Bonchev–Trinajstić information content (AvgIpc) is 2.41. The minimum Gasteiger partial charge on any atom is -0.478 e. The standard InChI is InChI=1S/C15H14O4/c1-10-5-4-7-12(15(17)18)14(10)19-13-8-3-2-6-11(13)9-16/h2-8,16H,9H2,1H3,(H,17,18). The van der Waals surface area contributed by atoms with Gasteiger partial charge in [0, 0.05) is 5.56 Å². The Balaban J connectivity index is 2.46. The summed E-state index contributed by atoms with van der Waals surface area (Å²) in [6.45, 7) is 1.62. The van der Waals surface area contributed by atoms with E-state index in [1.807, 2.05) is 0 Å². The Bertz CT molecular complexity index is 605. The maximum atomic E-state index is 11.2. The molecule has 2 N–H and O–H groups in total. The molecule has 2 rings (SSSR count). The second kappa shape index (κ2) is 5.54. The molecule has 0 aliphatic heterocycles. The van der Waals surface area contributed by atoms with Crippen molar-refractivity contribution in [2.45, 2.75) is 13.5 Å². The molecular formula is C15H14O4. The van der Waals surface area contributed by atoms with Crippen LogP contribution in [0.15, 0.2) is 42.5 Å². The fourth-order valence-corrected chi connectivity index (χ4v) is 1.80. The zero-order chi connectivity index (χ0) is 13.8. The number of benzene rings is 2. The molecule has 0 radical (unpaired) electrons. The van der Waals surface area contributed by atoms with E-state index in [1.165, 1.54) is 6.07 Å². The van der Waals surface area contributed by atoms with E-state index < -0.39 is 5.97 Å². The molecule has 0 aliphatic rings. The van der Waals surface area contributed by atoms with Gasteiger partial charge in [-0.2, -0.15) is 0 Å². The lowest BCUT2D eigenvalue weighted by Crippen LogP contribution is -2.02. The smallest absolute Gasteiger partial charge is 0.339 e. The van der Waals surface area contributed by atoms with Crippen molar-refractivity contribution >= 4 is 5.97 Å². The summed E-state index contributed by atoms with van der Waals surface area (Å²) in [6, 6.07) is 11.9. The van der Waals surface area contributed by atoms with Gasteiger partial charge in [-0.3, -0.25) is 0 Å². The number of aliphatic hydroxyl groups excluding tert-OH is 1. The normalized spacial score (nSPS) is 10.2. The highest BCUT2D eigenvalue weighted by atomic mass is 16.5. The van der Waals surface area contributed by atoms with Crippen LogP contribution in [0, 0.1) is 6.92 Å². The number of aryl methyl sites for hydroxylation is 1. The van der Waals surface area contributed by atoms with Gasteiger partial charge in [0.1, 0.15) is 17.1 Å². The third-order valence-electron chi connectivity index (χ3n) is 2.80. The van der Waals surface area contributed by atoms with Gasteiger partial charge in [-0.25, -0.2) is 4.79 Å². The fraction of sp³-hybridized carbons (Fsp3) is 0.133. The summed E-state index contributed by atoms with van der Waals surface area (Å²) in [5.41, 5.74) is 1.45. The number of carboxylic acid groups (broad SMARTS) is 1. The van der Waals surface area contributed by atoms with Crippen molar-refractivity contribution in [3.05, 3.63) is 59.2 Å². The van der Waals surface area contributed by atoms with E-state index in [4.69, 9.17) is 9.84 Å². The van der Waals surface area contributed by atoms with Crippen LogP contribution >= 0.6 is 0 Å². The van der Waals surface area contributed by atoms with Gasteiger partial charge in [0.2, 0.25) is 0 Å². The van der Waals surface area contributed by atoms with Crippen LogP contribution < -0.4 is 4.74 Å². The highest BCUT2D eigenvalue weighted by Gasteiger charge is 2.15. The van der Waals surface area contributed by atoms with Gasteiger partial charge in [0.05, 0.1) is 6.61 Å². The number of carboxylic acids is 1. The van der Waals surface area contributed by atoms with Crippen molar-refractivity contribution in [2.24, 2.45) is 0 Å². The van der Waals surface area contributed by atoms with Gasteiger partial charge in [-0.1, -0.05) is 30.3 Å². The summed E-state index contributed by atoms with van der Waals surface area (Å²) < 4.78 is 5.68. The van der Waals surface area contributed by atoms with E-state index in [1.54, 1.807) is 43.3 Å². The van der Waals surface area contributed by atoms with Gasteiger partial charge >= 0.3 is 5.97 Å². The zero-order valence-electron chi connectivity index (χ0n) is 10.5. The number of carbonyl (C=O) groups is 1. The molecule has 4 heteroatoms. The van der Waals surface area contributed by atoms with E-state index in [-0.39, 0.29) is 12.2 Å². The van der Waals surface area contributed by atoms with E-state index >= 15 is 0 Å². The van der Waals surface area contributed by atoms with Gasteiger partial charge < -0.3 is 14.9 Å². The highest BCUT2D eigenvalue weighted by molar-refractivity contribution is 5.91. The lowest BCUT2D eigenvalue weighted by atomic mass is 10.1. The van der Waals surface area contributed by atoms with Gasteiger partial charge in [-0.05, 0) is 24.6 Å². The molecule has 0 saturated carbocycles. The van der Waals surface area contributed by atoms with E-state index in [0.29, 0.717) is 17.1 Å². The molecule has 98 valence electrons. The first-order valence-electron chi connectivity index (χ1n) is 5.83. The number of hydrogen-bond donors (Lipinski definition) is 2. The fourth-order valence-electron chi connectivity index (χ4n) is 1.80. The average molecular weight is 258 g/mol. The highest BCUT2D eigenvalue weighted by Crippen LogP contribution is 2.31. The topological polar surface area (TPSA) is 66.8 Å². The second-order valence-corrected chi connectivity index (χ2v) is 4.12. The number of rotatable bonds is 4. The number of ether oxygens (including phenoxy) is 1.